The van der Waals surface area contributed by atoms with Gasteiger partial charge in [-0.05, 0) is 37.0 Å². The second kappa shape index (κ2) is 5.78. The topological polar surface area (TPSA) is 77.3 Å². The van der Waals surface area contributed by atoms with Gasteiger partial charge in [0, 0.05) is 30.6 Å². The highest BCUT2D eigenvalue weighted by Gasteiger charge is 2.34. The number of hydrogen-bond acceptors (Lipinski definition) is 4. The van der Waals surface area contributed by atoms with E-state index in [9.17, 15) is 13.6 Å². The quantitative estimate of drug-likeness (QED) is 0.886. The summed E-state index contributed by atoms with van der Waals surface area (Å²) in [6.07, 6.45) is 0.685. The Hall–Kier alpha value is -1.99. The lowest BCUT2D eigenvalue weighted by Gasteiger charge is -2.24. The molecule has 2 aliphatic rings. The first-order valence-electron chi connectivity index (χ1n) is 8.64. The molecule has 1 aromatic carbocycles. The molecule has 0 unspecified atom stereocenters. The van der Waals surface area contributed by atoms with Crippen LogP contribution in [0, 0.1) is 12.7 Å². The Kier molecular flexibility index (Phi) is 3.81. The third-order valence-electron chi connectivity index (χ3n) is 5.32. The molecule has 1 aliphatic heterocycles. The summed E-state index contributed by atoms with van der Waals surface area (Å²) in [5.41, 5.74) is 13.8. The zero-order valence-corrected chi connectivity index (χ0v) is 14.1. The van der Waals surface area contributed by atoms with Crippen molar-refractivity contribution in [3.8, 4) is 0 Å². The molecule has 25 heavy (non-hydrogen) atoms. The van der Waals surface area contributed by atoms with Crippen molar-refractivity contribution in [2.75, 3.05) is 18.0 Å². The number of benzene rings is 1. The summed E-state index contributed by atoms with van der Waals surface area (Å²) in [4.78, 5) is 14.2. The Bertz CT molecular complexity index is 896. The maximum Gasteiger partial charge on any atom is 0.251 e. The Morgan fingerprint density at radius 2 is 2.00 bits per heavy atom. The molecule has 2 atom stereocenters. The van der Waals surface area contributed by atoms with Crippen molar-refractivity contribution in [2.45, 2.75) is 44.6 Å². The van der Waals surface area contributed by atoms with Gasteiger partial charge in [-0.3, -0.25) is 4.79 Å². The lowest BCUT2D eigenvalue weighted by Crippen LogP contribution is -2.30. The van der Waals surface area contributed by atoms with E-state index in [0.29, 0.717) is 27.7 Å². The third-order valence-corrected chi connectivity index (χ3v) is 5.32. The highest BCUT2D eigenvalue weighted by Crippen LogP contribution is 2.40. The van der Waals surface area contributed by atoms with Crippen LogP contribution in [0.2, 0.25) is 0 Å². The van der Waals surface area contributed by atoms with Crippen LogP contribution in [0.3, 0.4) is 0 Å². The standard InChI is InChI=1S/C18H22F2N4O/c1-9-17-12(10(6-21)4-16(25)24(17)11-2-3-11)5-13(19)18(9)23-7-14(20)15(22)8-23/h4-5,11,14-15H,2-3,6-8,21-22H2,1H3/t14-,15+/m0/s1. The molecule has 0 spiro atoms. The maximum absolute atomic E-state index is 14.9. The van der Waals surface area contributed by atoms with E-state index in [1.54, 1.807) is 16.4 Å². The van der Waals surface area contributed by atoms with E-state index < -0.39 is 18.0 Å². The van der Waals surface area contributed by atoms with E-state index in [1.165, 1.54) is 12.1 Å². The van der Waals surface area contributed by atoms with E-state index in [-0.39, 0.29) is 31.2 Å². The Labute approximate surface area is 144 Å². The number of aryl methyl sites for hydroxylation is 1. The number of pyridine rings is 1. The molecule has 0 amide bonds. The number of nitrogens with two attached hydrogens (primary N) is 2. The number of rotatable bonds is 3. The van der Waals surface area contributed by atoms with Crippen molar-refractivity contribution in [1.82, 2.24) is 4.57 Å². The van der Waals surface area contributed by atoms with Crippen molar-refractivity contribution in [2.24, 2.45) is 11.5 Å². The fourth-order valence-electron chi connectivity index (χ4n) is 3.94. The Morgan fingerprint density at radius 1 is 1.28 bits per heavy atom. The summed E-state index contributed by atoms with van der Waals surface area (Å²) in [6, 6.07) is 2.45. The molecule has 5 nitrogen and oxygen atoms in total. The molecular formula is C18H22F2N4O. The van der Waals surface area contributed by atoms with Gasteiger partial charge in [0.25, 0.3) is 5.56 Å². The summed E-state index contributed by atoms with van der Waals surface area (Å²) in [7, 11) is 0. The molecule has 4 rings (SSSR count). The number of alkyl halides is 1. The summed E-state index contributed by atoms with van der Waals surface area (Å²) in [5, 5.41) is 0.660. The van der Waals surface area contributed by atoms with E-state index in [0.717, 1.165) is 12.8 Å². The van der Waals surface area contributed by atoms with Crippen molar-refractivity contribution in [3.05, 3.63) is 39.4 Å². The minimum atomic E-state index is -1.18. The first-order valence-corrected chi connectivity index (χ1v) is 8.64. The fourth-order valence-corrected chi connectivity index (χ4v) is 3.94. The van der Waals surface area contributed by atoms with E-state index in [2.05, 4.69) is 0 Å². The van der Waals surface area contributed by atoms with Gasteiger partial charge in [0.05, 0.1) is 23.8 Å². The minimum Gasteiger partial charge on any atom is -0.364 e. The molecule has 134 valence electrons. The Balaban J connectivity index is 2.00. The summed E-state index contributed by atoms with van der Waals surface area (Å²) >= 11 is 0. The molecule has 0 radical (unpaired) electrons. The summed E-state index contributed by atoms with van der Waals surface area (Å²) < 4.78 is 30.5. The lowest BCUT2D eigenvalue weighted by atomic mass is 10.0. The summed E-state index contributed by atoms with van der Waals surface area (Å²) in [6.45, 7) is 2.27. The number of aromatic nitrogens is 1. The first-order chi connectivity index (χ1) is 11.9. The van der Waals surface area contributed by atoms with Gasteiger partial charge in [-0.2, -0.15) is 0 Å². The number of nitrogens with zero attached hydrogens (tertiary/aromatic N) is 2. The van der Waals surface area contributed by atoms with E-state index >= 15 is 0 Å². The van der Waals surface area contributed by atoms with Gasteiger partial charge in [-0.1, -0.05) is 0 Å². The average molecular weight is 348 g/mol. The van der Waals surface area contributed by atoms with Crippen LogP contribution in [0.15, 0.2) is 16.9 Å². The monoisotopic (exact) mass is 348 g/mol. The van der Waals surface area contributed by atoms with Crippen LogP contribution in [0.25, 0.3) is 10.9 Å². The molecule has 1 aromatic heterocycles. The van der Waals surface area contributed by atoms with Crippen molar-refractivity contribution >= 4 is 16.6 Å². The largest absolute Gasteiger partial charge is 0.364 e. The molecule has 1 saturated carbocycles. The van der Waals surface area contributed by atoms with Gasteiger partial charge in [0.2, 0.25) is 0 Å². The highest BCUT2D eigenvalue weighted by molar-refractivity contribution is 5.90. The minimum absolute atomic E-state index is 0.0642. The van der Waals surface area contributed by atoms with Gasteiger partial charge in [-0.25, -0.2) is 8.78 Å². The predicted octanol–water partition coefficient (Wildman–Crippen LogP) is 1.73. The zero-order chi connectivity index (χ0) is 17.9. The van der Waals surface area contributed by atoms with Crippen LogP contribution in [-0.2, 0) is 6.54 Å². The second-order valence-corrected chi connectivity index (χ2v) is 7.13. The van der Waals surface area contributed by atoms with Crippen LogP contribution in [0.5, 0.6) is 0 Å². The van der Waals surface area contributed by atoms with Gasteiger partial charge < -0.3 is 20.9 Å². The van der Waals surface area contributed by atoms with E-state index in [4.69, 9.17) is 11.5 Å². The third kappa shape index (κ3) is 2.53. The average Bonchev–Trinajstić information content (AvgIpc) is 3.33. The summed E-state index contributed by atoms with van der Waals surface area (Å²) in [5.74, 6) is -0.429. The maximum atomic E-state index is 14.9. The zero-order valence-electron chi connectivity index (χ0n) is 14.1. The van der Waals surface area contributed by atoms with Gasteiger partial charge in [-0.15, -0.1) is 0 Å². The molecule has 0 bridgehead atoms. The second-order valence-electron chi connectivity index (χ2n) is 7.13. The highest BCUT2D eigenvalue weighted by atomic mass is 19.1. The normalized spacial score (nSPS) is 23.6. The first kappa shape index (κ1) is 16.5. The molecule has 2 aromatic rings. The van der Waals surface area contributed by atoms with Crippen LogP contribution < -0.4 is 21.9 Å². The predicted molar refractivity (Wildman–Crippen MR) is 94.1 cm³/mol. The van der Waals surface area contributed by atoms with Crippen molar-refractivity contribution in [1.29, 1.82) is 0 Å². The number of anilines is 1. The molecule has 4 N–H and O–H groups in total. The van der Waals surface area contributed by atoms with Gasteiger partial charge in [0.1, 0.15) is 12.0 Å². The lowest BCUT2D eigenvalue weighted by molar-refractivity contribution is 0.333. The van der Waals surface area contributed by atoms with Crippen LogP contribution >= 0.6 is 0 Å². The Morgan fingerprint density at radius 3 is 2.56 bits per heavy atom. The van der Waals surface area contributed by atoms with Crippen LogP contribution in [0.4, 0.5) is 14.5 Å². The number of halogens is 2. The molecule has 2 heterocycles. The molecule has 1 saturated heterocycles. The van der Waals surface area contributed by atoms with Gasteiger partial charge in [0.15, 0.2) is 0 Å². The number of hydrogen-bond donors (Lipinski definition) is 2. The molecule has 1 aliphatic carbocycles. The van der Waals surface area contributed by atoms with Gasteiger partial charge >= 0.3 is 0 Å². The molecule has 2 fully saturated rings. The van der Waals surface area contributed by atoms with Crippen LogP contribution in [-0.4, -0.2) is 29.9 Å². The molecule has 7 heteroatoms. The van der Waals surface area contributed by atoms with Crippen LogP contribution in [0.1, 0.15) is 30.0 Å². The van der Waals surface area contributed by atoms with E-state index in [1.807, 2.05) is 0 Å². The van der Waals surface area contributed by atoms with Crippen molar-refractivity contribution < 1.29 is 8.78 Å². The van der Waals surface area contributed by atoms with Crippen molar-refractivity contribution in [3.63, 3.8) is 0 Å². The molecular weight excluding hydrogens is 326 g/mol. The SMILES string of the molecule is Cc1c(N2C[C@@H](N)[C@@H](F)C2)c(F)cc2c(CN)cc(=O)n(C3CC3)c12. The smallest absolute Gasteiger partial charge is 0.251 e. The fraction of sp³-hybridized carbons (Fsp3) is 0.500. The number of fused-ring (bicyclic) bond motifs is 1.